The number of halogens is 2. The van der Waals surface area contributed by atoms with E-state index >= 15 is 0 Å². The Hall–Kier alpha value is -2.19. The standard InChI is InChI=1S/C32H47Cl2N3O5/c1-6-8-11-17-23(38)28(40)21(14-9-7-2)18-24(39)27-25-22(32(25,33)34)19-37(27)29(41)26(20-15-12-10-13-16-20)35-30(42)36-31(3,4)5/h6-7,20-22,25-27H,1-2,8-19H2,3-5H3,(H2,35,36,42)/t21?,22-,25-,26-,27+/m0/s1. The first-order chi connectivity index (χ1) is 19.7. The molecule has 8 nitrogen and oxygen atoms in total. The van der Waals surface area contributed by atoms with Crippen molar-refractivity contribution in [2.24, 2.45) is 23.7 Å². The molecule has 0 aromatic heterocycles. The SMILES string of the molecule is C=CCCCC(=O)C(=O)C(CCC=C)CC(=O)[C@@H]1[C@@H]2[C@H](CN1C(=O)[C@@H](NC(=O)NC(C)(C)C)C1CCCCC1)C2(Cl)Cl. The summed E-state index contributed by atoms with van der Waals surface area (Å²) >= 11 is 13.1. The minimum absolute atomic E-state index is 0.0588. The smallest absolute Gasteiger partial charge is 0.315 e. The number of nitrogens with zero attached hydrogens (tertiary/aromatic N) is 1. The number of rotatable bonds is 15. The summed E-state index contributed by atoms with van der Waals surface area (Å²) in [6.45, 7) is 13.1. The van der Waals surface area contributed by atoms with Gasteiger partial charge in [0.25, 0.3) is 0 Å². The number of nitrogens with one attached hydrogen (secondary N) is 2. The van der Waals surface area contributed by atoms with Gasteiger partial charge in [-0.25, -0.2) is 4.79 Å². The van der Waals surface area contributed by atoms with Gasteiger partial charge < -0.3 is 15.5 Å². The fourth-order valence-electron chi connectivity index (χ4n) is 6.51. The number of hydrogen-bond donors (Lipinski definition) is 2. The Morgan fingerprint density at radius 3 is 2.26 bits per heavy atom. The Kier molecular flexibility index (Phi) is 11.9. The molecule has 3 fully saturated rings. The predicted molar refractivity (Wildman–Crippen MR) is 165 cm³/mol. The molecule has 42 heavy (non-hydrogen) atoms. The lowest BCUT2D eigenvalue weighted by Gasteiger charge is -2.37. The fourth-order valence-corrected chi connectivity index (χ4v) is 7.34. The molecule has 1 heterocycles. The van der Waals surface area contributed by atoms with Crippen LogP contribution in [0.2, 0.25) is 0 Å². The molecule has 0 aromatic rings. The molecule has 0 bridgehead atoms. The molecule has 1 saturated heterocycles. The van der Waals surface area contributed by atoms with Crippen LogP contribution in [0, 0.1) is 23.7 Å². The van der Waals surface area contributed by atoms with E-state index in [2.05, 4.69) is 23.8 Å². The third-order valence-electron chi connectivity index (χ3n) is 8.73. The van der Waals surface area contributed by atoms with Crippen molar-refractivity contribution in [2.75, 3.05) is 6.54 Å². The topological polar surface area (TPSA) is 113 Å². The molecule has 0 spiro atoms. The third kappa shape index (κ3) is 8.46. The maximum Gasteiger partial charge on any atom is 0.315 e. The second-order valence-electron chi connectivity index (χ2n) is 13.2. The van der Waals surface area contributed by atoms with Crippen LogP contribution in [0.4, 0.5) is 4.79 Å². The number of allylic oxidation sites excluding steroid dienone is 2. The highest BCUT2D eigenvalue weighted by Crippen LogP contribution is 2.65. The van der Waals surface area contributed by atoms with Crippen LogP contribution in [0.5, 0.6) is 0 Å². The van der Waals surface area contributed by atoms with Gasteiger partial charge in [-0.15, -0.1) is 36.4 Å². The van der Waals surface area contributed by atoms with E-state index in [0.717, 1.165) is 32.1 Å². The Labute approximate surface area is 260 Å². The van der Waals surface area contributed by atoms with Crippen LogP contribution in [-0.2, 0) is 19.2 Å². The van der Waals surface area contributed by atoms with E-state index in [1.54, 1.807) is 12.2 Å². The zero-order valence-corrected chi connectivity index (χ0v) is 26.8. The number of piperidine rings is 1. The number of urea groups is 1. The zero-order chi connectivity index (χ0) is 31.2. The molecule has 5 atom stereocenters. The second-order valence-corrected chi connectivity index (χ2v) is 14.6. The van der Waals surface area contributed by atoms with Crippen LogP contribution >= 0.6 is 23.2 Å². The maximum atomic E-state index is 14.2. The highest BCUT2D eigenvalue weighted by molar-refractivity contribution is 6.51. The Bertz CT molecular complexity index is 1060. The van der Waals surface area contributed by atoms with Crippen LogP contribution in [0.15, 0.2) is 25.3 Å². The summed E-state index contributed by atoms with van der Waals surface area (Å²) in [4.78, 5) is 68.4. The minimum Gasteiger partial charge on any atom is -0.334 e. The molecule has 3 rings (SSSR count). The molecular weight excluding hydrogens is 577 g/mol. The first-order valence-corrected chi connectivity index (χ1v) is 16.1. The molecule has 3 aliphatic rings. The molecule has 0 aromatic carbocycles. The molecule has 10 heteroatoms. The lowest BCUT2D eigenvalue weighted by atomic mass is 9.82. The van der Waals surface area contributed by atoms with Crippen molar-refractivity contribution >= 4 is 52.5 Å². The van der Waals surface area contributed by atoms with Gasteiger partial charge in [-0.1, -0.05) is 31.4 Å². The van der Waals surface area contributed by atoms with Gasteiger partial charge in [-0.05, 0) is 65.2 Å². The van der Waals surface area contributed by atoms with Crippen molar-refractivity contribution < 1.29 is 24.0 Å². The quantitative estimate of drug-likeness (QED) is 0.105. The van der Waals surface area contributed by atoms with Gasteiger partial charge in [-0.3, -0.25) is 19.2 Å². The van der Waals surface area contributed by atoms with E-state index in [-0.39, 0.29) is 42.9 Å². The molecule has 1 aliphatic heterocycles. The number of likely N-dealkylation sites (tertiary alicyclic amines) is 1. The summed E-state index contributed by atoms with van der Waals surface area (Å²) in [6.07, 6.45) is 9.77. The van der Waals surface area contributed by atoms with Crippen LogP contribution in [0.1, 0.15) is 91.4 Å². The lowest BCUT2D eigenvalue weighted by Crippen LogP contribution is -2.59. The normalized spacial score (nSPS) is 24.6. The fraction of sp³-hybridized carbons (Fsp3) is 0.719. The van der Waals surface area contributed by atoms with E-state index in [1.807, 2.05) is 20.8 Å². The largest absolute Gasteiger partial charge is 0.334 e. The average molecular weight is 625 g/mol. The number of amides is 3. The lowest BCUT2D eigenvalue weighted by molar-refractivity contribution is -0.143. The summed E-state index contributed by atoms with van der Waals surface area (Å²) in [6, 6.07) is -2.16. The van der Waals surface area contributed by atoms with Crippen LogP contribution in [0.25, 0.3) is 0 Å². The monoisotopic (exact) mass is 623 g/mol. The molecule has 2 saturated carbocycles. The van der Waals surface area contributed by atoms with Crippen molar-refractivity contribution in [1.82, 2.24) is 15.5 Å². The van der Waals surface area contributed by atoms with Crippen LogP contribution in [0.3, 0.4) is 0 Å². The molecule has 234 valence electrons. The summed E-state index contributed by atoms with van der Waals surface area (Å²) in [5.41, 5.74) is -0.495. The molecule has 2 aliphatic carbocycles. The summed E-state index contributed by atoms with van der Waals surface area (Å²) in [7, 11) is 0. The third-order valence-corrected chi connectivity index (χ3v) is 9.80. The molecular formula is C32H47Cl2N3O5. The molecule has 0 radical (unpaired) electrons. The Morgan fingerprint density at radius 1 is 1.02 bits per heavy atom. The number of ketones is 3. The first kappa shape index (κ1) is 34.3. The molecule has 1 unspecified atom stereocenters. The van der Waals surface area contributed by atoms with E-state index in [4.69, 9.17) is 23.2 Å². The summed E-state index contributed by atoms with van der Waals surface area (Å²) < 4.78 is -1.14. The van der Waals surface area contributed by atoms with Gasteiger partial charge in [0.05, 0.1) is 6.04 Å². The zero-order valence-electron chi connectivity index (χ0n) is 25.3. The van der Waals surface area contributed by atoms with E-state index in [1.165, 1.54) is 4.90 Å². The first-order valence-electron chi connectivity index (χ1n) is 15.3. The van der Waals surface area contributed by atoms with Crippen molar-refractivity contribution in [2.45, 2.75) is 113 Å². The van der Waals surface area contributed by atoms with Crippen molar-refractivity contribution in [1.29, 1.82) is 0 Å². The second kappa shape index (κ2) is 14.5. The van der Waals surface area contributed by atoms with Crippen LogP contribution in [-0.4, -0.2) is 62.7 Å². The number of carbonyl (C=O) groups excluding carboxylic acids is 5. The summed E-state index contributed by atoms with van der Waals surface area (Å²) in [5.74, 6) is -3.35. The van der Waals surface area contributed by atoms with Crippen LogP contribution < -0.4 is 10.6 Å². The van der Waals surface area contributed by atoms with E-state index in [9.17, 15) is 24.0 Å². The number of alkyl halides is 2. The number of carbonyl (C=O) groups is 5. The van der Waals surface area contributed by atoms with Gasteiger partial charge in [0.1, 0.15) is 10.4 Å². The van der Waals surface area contributed by atoms with Crippen molar-refractivity contribution in [3.63, 3.8) is 0 Å². The number of Topliss-reactive ketones (excluding diaryl/α,β-unsaturated/α-hetero) is 3. The van der Waals surface area contributed by atoms with Gasteiger partial charge in [0.2, 0.25) is 11.7 Å². The van der Waals surface area contributed by atoms with Gasteiger partial charge in [0.15, 0.2) is 11.6 Å². The summed E-state index contributed by atoms with van der Waals surface area (Å²) in [5, 5.41) is 5.79. The van der Waals surface area contributed by atoms with E-state index in [0.29, 0.717) is 25.7 Å². The van der Waals surface area contributed by atoms with Gasteiger partial charge >= 0.3 is 6.03 Å². The predicted octanol–water partition coefficient (Wildman–Crippen LogP) is 5.70. The highest BCUT2D eigenvalue weighted by Gasteiger charge is 2.73. The minimum atomic E-state index is -1.14. The highest BCUT2D eigenvalue weighted by atomic mass is 35.5. The van der Waals surface area contributed by atoms with Gasteiger partial charge in [0, 0.05) is 42.7 Å². The van der Waals surface area contributed by atoms with Crippen molar-refractivity contribution in [3.8, 4) is 0 Å². The molecule has 3 amide bonds. The Balaban J connectivity index is 1.83. The van der Waals surface area contributed by atoms with Gasteiger partial charge in [-0.2, -0.15) is 0 Å². The van der Waals surface area contributed by atoms with E-state index < -0.39 is 51.4 Å². The number of hydrogen-bond acceptors (Lipinski definition) is 5. The van der Waals surface area contributed by atoms with Crippen molar-refractivity contribution in [3.05, 3.63) is 25.3 Å². The number of unbranched alkanes of at least 4 members (excludes halogenated alkanes) is 1. The Morgan fingerprint density at radius 2 is 1.67 bits per heavy atom. The number of fused-ring (bicyclic) bond motifs is 1. The average Bonchev–Trinajstić information content (AvgIpc) is 3.24. The molecule has 2 N–H and O–H groups in total. The maximum absolute atomic E-state index is 14.2.